The Kier molecular flexibility index (Phi) is 9.07. The number of benzene rings is 1. The van der Waals surface area contributed by atoms with Crippen molar-refractivity contribution >= 4 is 17.5 Å². The van der Waals surface area contributed by atoms with Crippen LogP contribution in [0.25, 0.3) is 0 Å². The standard InChI is InChI=1S/C20H31N3O4/c1-3-27-14-4-11-21-20(25)16-9-12-23(13-10-16)15-19(24)22-17-5-7-18(26-2)8-6-17/h5-8,16H,3-4,9-15H2,1-2H3,(H,21,25)(H,22,24). The van der Waals surface area contributed by atoms with Gasteiger partial charge in [0.05, 0.1) is 13.7 Å². The summed E-state index contributed by atoms with van der Waals surface area (Å²) in [5.74, 6) is 0.872. The Labute approximate surface area is 161 Å². The van der Waals surface area contributed by atoms with E-state index in [9.17, 15) is 9.59 Å². The van der Waals surface area contributed by atoms with E-state index in [-0.39, 0.29) is 17.7 Å². The van der Waals surface area contributed by atoms with Gasteiger partial charge in [-0.25, -0.2) is 0 Å². The monoisotopic (exact) mass is 377 g/mol. The molecule has 7 nitrogen and oxygen atoms in total. The lowest BCUT2D eigenvalue weighted by Crippen LogP contribution is -2.43. The number of amides is 2. The maximum absolute atomic E-state index is 12.2. The molecule has 27 heavy (non-hydrogen) atoms. The van der Waals surface area contributed by atoms with Crippen LogP contribution in [0.4, 0.5) is 5.69 Å². The molecule has 2 rings (SSSR count). The van der Waals surface area contributed by atoms with Gasteiger partial charge in [0.2, 0.25) is 11.8 Å². The number of methoxy groups -OCH3 is 1. The van der Waals surface area contributed by atoms with Gasteiger partial charge in [0, 0.05) is 31.4 Å². The molecule has 7 heteroatoms. The molecule has 0 atom stereocenters. The summed E-state index contributed by atoms with van der Waals surface area (Å²) in [4.78, 5) is 26.5. The van der Waals surface area contributed by atoms with Crippen LogP contribution in [0.2, 0.25) is 0 Å². The van der Waals surface area contributed by atoms with E-state index in [0.29, 0.717) is 26.3 Å². The van der Waals surface area contributed by atoms with Crippen LogP contribution in [0.3, 0.4) is 0 Å². The lowest BCUT2D eigenvalue weighted by Gasteiger charge is -2.30. The minimum Gasteiger partial charge on any atom is -0.497 e. The summed E-state index contributed by atoms with van der Waals surface area (Å²) in [7, 11) is 1.61. The molecule has 1 saturated heterocycles. The van der Waals surface area contributed by atoms with Crippen molar-refractivity contribution in [2.75, 3.05) is 51.8 Å². The number of hydrogen-bond acceptors (Lipinski definition) is 5. The first-order valence-corrected chi connectivity index (χ1v) is 9.64. The number of piperidine rings is 1. The maximum atomic E-state index is 12.2. The van der Waals surface area contributed by atoms with Crippen LogP contribution in [-0.4, -0.2) is 63.2 Å². The predicted molar refractivity (Wildman–Crippen MR) is 105 cm³/mol. The highest BCUT2D eigenvalue weighted by Crippen LogP contribution is 2.18. The predicted octanol–water partition coefficient (Wildman–Crippen LogP) is 1.89. The van der Waals surface area contributed by atoms with Gasteiger partial charge >= 0.3 is 0 Å². The minimum atomic E-state index is -0.0426. The van der Waals surface area contributed by atoms with Crippen molar-refractivity contribution in [3.8, 4) is 5.75 Å². The molecule has 1 fully saturated rings. The van der Waals surface area contributed by atoms with Crippen LogP contribution in [0.15, 0.2) is 24.3 Å². The highest BCUT2D eigenvalue weighted by molar-refractivity contribution is 5.92. The van der Waals surface area contributed by atoms with E-state index in [2.05, 4.69) is 15.5 Å². The zero-order chi connectivity index (χ0) is 19.5. The smallest absolute Gasteiger partial charge is 0.238 e. The molecule has 0 unspecified atom stereocenters. The second-order valence-electron chi connectivity index (χ2n) is 6.67. The molecule has 0 spiro atoms. The fourth-order valence-electron chi connectivity index (χ4n) is 3.11. The third-order valence-electron chi connectivity index (χ3n) is 4.67. The third kappa shape index (κ3) is 7.56. The Morgan fingerprint density at radius 2 is 1.89 bits per heavy atom. The molecule has 0 aromatic heterocycles. The average molecular weight is 377 g/mol. The second-order valence-corrected chi connectivity index (χ2v) is 6.67. The number of ether oxygens (including phenoxy) is 2. The first-order valence-electron chi connectivity index (χ1n) is 9.64. The van der Waals surface area contributed by atoms with Gasteiger partial charge in [0.1, 0.15) is 5.75 Å². The molecule has 2 amide bonds. The van der Waals surface area contributed by atoms with Crippen molar-refractivity contribution in [1.29, 1.82) is 0 Å². The first-order chi connectivity index (χ1) is 13.1. The molecule has 2 N–H and O–H groups in total. The second kappa shape index (κ2) is 11.6. The van der Waals surface area contributed by atoms with Gasteiger partial charge in [-0.1, -0.05) is 0 Å². The van der Waals surface area contributed by atoms with E-state index in [0.717, 1.165) is 43.8 Å². The van der Waals surface area contributed by atoms with Gasteiger partial charge in [-0.05, 0) is 63.5 Å². The van der Waals surface area contributed by atoms with Crippen molar-refractivity contribution in [1.82, 2.24) is 10.2 Å². The molecular weight excluding hydrogens is 346 g/mol. The van der Waals surface area contributed by atoms with Crippen molar-refractivity contribution in [3.63, 3.8) is 0 Å². The highest BCUT2D eigenvalue weighted by Gasteiger charge is 2.25. The summed E-state index contributed by atoms with van der Waals surface area (Å²) in [5.41, 5.74) is 0.752. The van der Waals surface area contributed by atoms with Gasteiger partial charge in [-0.3, -0.25) is 14.5 Å². The SMILES string of the molecule is CCOCCCNC(=O)C1CCN(CC(=O)Nc2ccc(OC)cc2)CC1. The average Bonchev–Trinajstić information content (AvgIpc) is 2.68. The Bertz CT molecular complexity index is 583. The number of nitrogens with one attached hydrogen (secondary N) is 2. The molecule has 1 aromatic rings. The number of anilines is 1. The van der Waals surface area contributed by atoms with E-state index in [1.54, 1.807) is 7.11 Å². The van der Waals surface area contributed by atoms with Crippen LogP contribution in [0.5, 0.6) is 5.75 Å². The maximum Gasteiger partial charge on any atom is 0.238 e. The first kappa shape index (κ1) is 21.2. The van der Waals surface area contributed by atoms with Gasteiger partial charge in [-0.15, -0.1) is 0 Å². The lowest BCUT2D eigenvalue weighted by molar-refractivity contribution is -0.126. The molecule has 1 heterocycles. The van der Waals surface area contributed by atoms with Crippen molar-refractivity contribution in [3.05, 3.63) is 24.3 Å². The summed E-state index contributed by atoms with van der Waals surface area (Å²) in [6, 6.07) is 7.26. The van der Waals surface area contributed by atoms with E-state index in [1.165, 1.54) is 0 Å². The zero-order valence-electron chi connectivity index (χ0n) is 16.3. The largest absolute Gasteiger partial charge is 0.497 e. The highest BCUT2D eigenvalue weighted by atomic mass is 16.5. The van der Waals surface area contributed by atoms with Crippen LogP contribution in [0.1, 0.15) is 26.2 Å². The van der Waals surface area contributed by atoms with E-state index >= 15 is 0 Å². The normalized spacial score (nSPS) is 15.3. The number of likely N-dealkylation sites (tertiary alicyclic amines) is 1. The molecule has 0 saturated carbocycles. The molecule has 0 aliphatic carbocycles. The van der Waals surface area contributed by atoms with Crippen LogP contribution in [-0.2, 0) is 14.3 Å². The van der Waals surface area contributed by atoms with Gasteiger partial charge in [0.15, 0.2) is 0 Å². The fourth-order valence-corrected chi connectivity index (χ4v) is 3.11. The van der Waals surface area contributed by atoms with E-state index < -0.39 is 0 Å². The van der Waals surface area contributed by atoms with Gasteiger partial charge in [0.25, 0.3) is 0 Å². The number of nitrogens with zero attached hydrogens (tertiary/aromatic N) is 1. The van der Waals surface area contributed by atoms with Crippen molar-refractivity contribution in [2.24, 2.45) is 5.92 Å². The molecule has 150 valence electrons. The summed E-state index contributed by atoms with van der Waals surface area (Å²) in [6.07, 6.45) is 2.41. The molecule has 1 aliphatic heterocycles. The number of hydrogen-bond donors (Lipinski definition) is 2. The number of carbonyl (C=O) groups excluding carboxylic acids is 2. The quantitative estimate of drug-likeness (QED) is 0.609. The Hall–Kier alpha value is -2.12. The minimum absolute atomic E-state index is 0.0398. The lowest BCUT2D eigenvalue weighted by atomic mass is 9.96. The van der Waals surface area contributed by atoms with Crippen LogP contribution >= 0.6 is 0 Å². The summed E-state index contributed by atoms with van der Waals surface area (Å²) in [6.45, 7) is 5.86. The summed E-state index contributed by atoms with van der Waals surface area (Å²) < 4.78 is 10.4. The van der Waals surface area contributed by atoms with Crippen LogP contribution < -0.4 is 15.4 Å². The topological polar surface area (TPSA) is 79.9 Å². The number of rotatable bonds is 10. The van der Waals surface area contributed by atoms with Gasteiger partial charge in [-0.2, -0.15) is 0 Å². The molecular formula is C20H31N3O4. The van der Waals surface area contributed by atoms with Crippen LogP contribution in [0, 0.1) is 5.92 Å². The number of carbonyl (C=O) groups is 2. The van der Waals surface area contributed by atoms with E-state index in [4.69, 9.17) is 9.47 Å². The third-order valence-corrected chi connectivity index (χ3v) is 4.67. The van der Waals surface area contributed by atoms with E-state index in [1.807, 2.05) is 31.2 Å². The summed E-state index contributed by atoms with van der Waals surface area (Å²) >= 11 is 0. The Balaban J connectivity index is 1.64. The summed E-state index contributed by atoms with van der Waals surface area (Å²) in [5, 5.41) is 5.87. The van der Waals surface area contributed by atoms with Gasteiger partial charge < -0.3 is 20.1 Å². The Morgan fingerprint density at radius 3 is 2.52 bits per heavy atom. The fraction of sp³-hybridized carbons (Fsp3) is 0.600. The molecule has 0 bridgehead atoms. The van der Waals surface area contributed by atoms with Crippen molar-refractivity contribution in [2.45, 2.75) is 26.2 Å². The molecule has 0 radical (unpaired) electrons. The zero-order valence-corrected chi connectivity index (χ0v) is 16.3. The molecule has 1 aliphatic rings. The molecule has 1 aromatic carbocycles. The van der Waals surface area contributed by atoms with Crippen molar-refractivity contribution < 1.29 is 19.1 Å². The Morgan fingerprint density at radius 1 is 1.19 bits per heavy atom.